The molecule has 28 heavy (non-hydrogen) atoms. The molecule has 0 unspecified atom stereocenters. The van der Waals surface area contributed by atoms with E-state index in [1.54, 1.807) is 6.20 Å². The highest BCUT2D eigenvalue weighted by atomic mass is 16.5. The Bertz CT molecular complexity index is 990. The molecule has 5 rings (SSSR count). The molecule has 1 aromatic carbocycles. The molecule has 2 amide bonds. The molecule has 0 radical (unpaired) electrons. The number of hydrogen-bond donors (Lipinski definition) is 2. The van der Waals surface area contributed by atoms with Crippen molar-refractivity contribution in [2.45, 2.75) is 18.9 Å². The Kier molecular flexibility index (Phi) is 4.32. The second kappa shape index (κ2) is 7.12. The monoisotopic (exact) mass is 378 g/mol. The van der Waals surface area contributed by atoms with Gasteiger partial charge in [0, 0.05) is 48.8 Å². The Morgan fingerprint density at radius 2 is 1.93 bits per heavy atom. The summed E-state index contributed by atoms with van der Waals surface area (Å²) in [6.07, 6.45) is 5.86. The van der Waals surface area contributed by atoms with Crippen LogP contribution in [0.15, 0.2) is 42.7 Å². The maximum absolute atomic E-state index is 11.9. The summed E-state index contributed by atoms with van der Waals surface area (Å²) < 4.78 is 7.48. The predicted octanol–water partition coefficient (Wildman–Crippen LogP) is 2.52. The van der Waals surface area contributed by atoms with Crippen molar-refractivity contribution in [3.8, 4) is 11.3 Å². The number of morpholine rings is 1. The number of benzene rings is 1. The quantitative estimate of drug-likeness (QED) is 0.729. The van der Waals surface area contributed by atoms with Gasteiger partial charge in [0.2, 0.25) is 5.95 Å². The van der Waals surface area contributed by atoms with E-state index >= 15 is 0 Å². The van der Waals surface area contributed by atoms with E-state index in [9.17, 15) is 4.79 Å². The van der Waals surface area contributed by atoms with Crippen molar-refractivity contribution in [1.29, 1.82) is 0 Å². The van der Waals surface area contributed by atoms with Gasteiger partial charge in [-0.2, -0.15) is 0 Å². The minimum atomic E-state index is -0.151. The number of amides is 2. The summed E-state index contributed by atoms with van der Waals surface area (Å²) in [4.78, 5) is 23.5. The summed E-state index contributed by atoms with van der Waals surface area (Å²) >= 11 is 0. The van der Waals surface area contributed by atoms with E-state index in [0.29, 0.717) is 19.3 Å². The predicted molar refractivity (Wildman–Crippen MR) is 107 cm³/mol. The Morgan fingerprint density at radius 1 is 1.14 bits per heavy atom. The van der Waals surface area contributed by atoms with Crippen LogP contribution in [0.2, 0.25) is 0 Å². The van der Waals surface area contributed by atoms with Gasteiger partial charge in [-0.05, 0) is 25.0 Å². The van der Waals surface area contributed by atoms with Crippen molar-refractivity contribution in [3.63, 3.8) is 0 Å². The molecule has 1 aliphatic carbocycles. The third kappa shape index (κ3) is 3.50. The van der Waals surface area contributed by atoms with Crippen LogP contribution in [-0.4, -0.2) is 52.7 Å². The highest BCUT2D eigenvalue weighted by Gasteiger charge is 2.23. The topological polar surface area (TPSA) is 83.8 Å². The molecule has 0 spiro atoms. The van der Waals surface area contributed by atoms with Gasteiger partial charge in [0.15, 0.2) is 0 Å². The van der Waals surface area contributed by atoms with E-state index in [1.165, 1.54) is 0 Å². The largest absolute Gasteiger partial charge is 0.378 e. The number of urea groups is 1. The molecule has 1 aliphatic heterocycles. The number of rotatable bonds is 4. The fourth-order valence-electron chi connectivity index (χ4n) is 3.35. The van der Waals surface area contributed by atoms with Crippen molar-refractivity contribution in [3.05, 3.63) is 42.7 Å². The maximum Gasteiger partial charge on any atom is 0.319 e. The highest BCUT2D eigenvalue weighted by Crippen LogP contribution is 2.25. The number of ether oxygens (including phenoxy) is 1. The van der Waals surface area contributed by atoms with Gasteiger partial charge in [0.25, 0.3) is 0 Å². The second-order valence-corrected chi connectivity index (χ2v) is 7.15. The molecule has 8 nitrogen and oxygen atoms in total. The van der Waals surface area contributed by atoms with Crippen LogP contribution in [0.3, 0.4) is 0 Å². The first kappa shape index (κ1) is 17.0. The standard InChI is InChI=1S/C20H22N6O2/c27-19(23-16-5-6-16)22-15-3-1-14(2-4-15)17-13-18-21-7-8-26(18)20(24-17)25-9-11-28-12-10-25/h1-4,7-8,13,16H,5-6,9-12H2,(H2,22,23,27). The van der Waals surface area contributed by atoms with E-state index in [4.69, 9.17) is 9.72 Å². The Morgan fingerprint density at radius 3 is 2.68 bits per heavy atom. The van der Waals surface area contributed by atoms with Crippen LogP contribution >= 0.6 is 0 Å². The van der Waals surface area contributed by atoms with Crippen LogP contribution in [0.1, 0.15) is 12.8 Å². The average Bonchev–Trinajstić information content (AvgIpc) is 3.40. The number of nitrogens with one attached hydrogen (secondary N) is 2. The third-order valence-electron chi connectivity index (χ3n) is 5.02. The molecule has 3 aromatic rings. The van der Waals surface area contributed by atoms with Crippen LogP contribution in [0.4, 0.5) is 16.4 Å². The lowest BCUT2D eigenvalue weighted by Gasteiger charge is -2.28. The third-order valence-corrected chi connectivity index (χ3v) is 5.02. The summed E-state index contributed by atoms with van der Waals surface area (Å²) in [6, 6.07) is 9.90. The number of aromatic nitrogens is 3. The minimum Gasteiger partial charge on any atom is -0.378 e. The zero-order valence-corrected chi connectivity index (χ0v) is 15.5. The van der Waals surface area contributed by atoms with E-state index in [2.05, 4.69) is 20.5 Å². The highest BCUT2D eigenvalue weighted by molar-refractivity contribution is 5.90. The van der Waals surface area contributed by atoms with Gasteiger partial charge in [-0.25, -0.2) is 14.8 Å². The minimum absolute atomic E-state index is 0.151. The first-order chi connectivity index (χ1) is 13.8. The van der Waals surface area contributed by atoms with Crippen molar-refractivity contribution in [1.82, 2.24) is 19.7 Å². The lowest BCUT2D eigenvalue weighted by atomic mass is 10.1. The first-order valence-corrected chi connectivity index (χ1v) is 9.61. The molecule has 1 saturated heterocycles. The van der Waals surface area contributed by atoms with Gasteiger partial charge in [0.1, 0.15) is 5.65 Å². The summed E-state index contributed by atoms with van der Waals surface area (Å²) in [5.74, 6) is 0.874. The summed E-state index contributed by atoms with van der Waals surface area (Å²) in [5, 5.41) is 5.79. The second-order valence-electron chi connectivity index (χ2n) is 7.15. The number of hydrogen-bond acceptors (Lipinski definition) is 5. The number of carbonyl (C=O) groups is 1. The average molecular weight is 378 g/mol. The maximum atomic E-state index is 11.9. The molecule has 3 heterocycles. The number of fused-ring (bicyclic) bond motifs is 1. The van der Waals surface area contributed by atoms with Gasteiger partial charge in [0.05, 0.1) is 18.9 Å². The van der Waals surface area contributed by atoms with E-state index in [0.717, 1.165) is 54.5 Å². The summed E-state index contributed by atoms with van der Waals surface area (Å²) in [5.41, 5.74) is 3.46. The zero-order chi connectivity index (χ0) is 18.9. The molecule has 2 N–H and O–H groups in total. The Balaban J connectivity index is 1.41. The first-order valence-electron chi connectivity index (χ1n) is 9.61. The zero-order valence-electron chi connectivity index (χ0n) is 15.5. The van der Waals surface area contributed by atoms with Crippen LogP contribution in [0.5, 0.6) is 0 Å². The van der Waals surface area contributed by atoms with Gasteiger partial charge < -0.3 is 20.3 Å². The van der Waals surface area contributed by atoms with Crippen LogP contribution in [0.25, 0.3) is 16.9 Å². The molecule has 0 atom stereocenters. The van der Waals surface area contributed by atoms with E-state index in [-0.39, 0.29) is 6.03 Å². The fraction of sp³-hybridized carbons (Fsp3) is 0.350. The molecular formula is C20H22N6O2. The number of carbonyl (C=O) groups excluding carboxylic acids is 1. The SMILES string of the molecule is O=C(Nc1ccc(-c2cc3nccn3c(N3CCOCC3)n2)cc1)NC1CC1. The van der Waals surface area contributed by atoms with E-state index in [1.807, 2.05) is 40.9 Å². The molecule has 2 fully saturated rings. The van der Waals surface area contributed by atoms with Gasteiger partial charge >= 0.3 is 6.03 Å². The van der Waals surface area contributed by atoms with Crippen molar-refractivity contribution in [2.75, 3.05) is 36.5 Å². The molecule has 144 valence electrons. The van der Waals surface area contributed by atoms with Crippen molar-refractivity contribution >= 4 is 23.3 Å². The van der Waals surface area contributed by atoms with Crippen LogP contribution in [-0.2, 0) is 4.74 Å². The molecule has 2 aromatic heterocycles. The fourth-order valence-corrected chi connectivity index (χ4v) is 3.35. The molecule has 1 saturated carbocycles. The Labute approximate surface area is 162 Å². The summed E-state index contributed by atoms with van der Waals surface area (Å²) in [6.45, 7) is 3.02. The lowest BCUT2D eigenvalue weighted by Crippen LogP contribution is -2.38. The van der Waals surface area contributed by atoms with Crippen LogP contribution in [0, 0.1) is 0 Å². The van der Waals surface area contributed by atoms with Gasteiger partial charge in [-0.1, -0.05) is 12.1 Å². The number of nitrogens with zero attached hydrogens (tertiary/aromatic N) is 4. The van der Waals surface area contributed by atoms with E-state index < -0.39 is 0 Å². The van der Waals surface area contributed by atoms with Crippen molar-refractivity contribution < 1.29 is 9.53 Å². The van der Waals surface area contributed by atoms with Crippen molar-refractivity contribution in [2.24, 2.45) is 0 Å². The smallest absolute Gasteiger partial charge is 0.319 e. The van der Waals surface area contributed by atoms with Gasteiger partial charge in [-0.15, -0.1) is 0 Å². The molecule has 2 aliphatic rings. The van der Waals surface area contributed by atoms with Crippen LogP contribution < -0.4 is 15.5 Å². The summed E-state index contributed by atoms with van der Waals surface area (Å²) in [7, 11) is 0. The molecule has 8 heteroatoms. The molecular weight excluding hydrogens is 356 g/mol. The number of imidazole rings is 1. The number of anilines is 2. The molecule has 0 bridgehead atoms. The lowest BCUT2D eigenvalue weighted by molar-refractivity contribution is 0.122. The normalized spacial score (nSPS) is 16.9. The van der Waals surface area contributed by atoms with Gasteiger partial charge in [-0.3, -0.25) is 4.40 Å². The Hall–Kier alpha value is -3.13.